The standard InChI is InChI=1S/C13H23N3O2S2/c1-15-12(17)10-9(14)11(19-3)13(20-10)16-7-5-4-6-8-18-2/h16H,4-8,14H2,1-3H3,(H,15,17). The molecule has 0 radical (unpaired) electrons. The average molecular weight is 317 g/mol. The van der Waals surface area contributed by atoms with Gasteiger partial charge in [0.25, 0.3) is 5.91 Å². The molecular formula is C13H23N3O2S2. The average Bonchev–Trinajstić information content (AvgIpc) is 2.78. The predicted molar refractivity (Wildman–Crippen MR) is 88.1 cm³/mol. The number of thioether (sulfide) groups is 1. The molecule has 0 bridgehead atoms. The van der Waals surface area contributed by atoms with Gasteiger partial charge in [-0.25, -0.2) is 0 Å². The molecule has 0 saturated heterocycles. The molecule has 0 saturated carbocycles. The highest BCUT2D eigenvalue weighted by atomic mass is 32.2. The number of nitrogens with one attached hydrogen (secondary N) is 2. The monoisotopic (exact) mass is 317 g/mol. The van der Waals surface area contributed by atoms with Crippen LogP contribution in [0.15, 0.2) is 4.90 Å². The summed E-state index contributed by atoms with van der Waals surface area (Å²) in [6.07, 6.45) is 5.24. The van der Waals surface area contributed by atoms with E-state index in [0.717, 1.165) is 42.3 Å². The molecule has 5 nitrogen and oxygen atoms in total. The molecular weight excluding hydrogens is 294 g/mol. The molecule has 1 rings (SSSR count). The maximum atomic E-state index is 11.7. The van der Waals surface area contributed by atoms with Crippen LogP contribution in [0.1, 0.15) is 28.9 Å². The van der Waals surface area contributed by atoms with Crippen molar-refractivity contribution in [2.24, 2.45) is 0 Å². The molecule has 0 unspecified atom stereocenters. The van der Waals surface area contributed by atoms with E-state index in [1.54, 1.807) is 25.9 Å². The van der Waals surface area contributed by atoms with Crippen molar-refractivity contribution in [1.82, 2.24) is 5.32 Å². The number of hydrogen-bond donors (Lipinski definition) is 3. The lowest BCUT2D eigenvalue weighted by Gasteiger charge is -2.06. The minimum Gasteiger partial charge on any atom is -0.396 e. The molecule has 1 aromatic heterocycles. The van der Waals surface area contributed by atoms with E-state index in [-0.39, 0.29) is 5.91 Å². The topological polar surface area (TPSA) is 76.4 Å². The quantitative estimate of drug-likeness (QED) is 0.482. The number of nitrogens with two attached hydrogens (primary N) is 1. The maximum absolute atomic E-state index is 11.7. The van der Waals surface area contributed by atoms with Gasteiger partial charge in [-0.2, -0.15) is 0 Å². The number of nitrogen functional groups attached to an aromatic ring is 1. The molecule has 4 N–H and O–H groups in total. The Morgan fingerprint density at radius 3 is 2.75 bits per heavy atom. The minimum atomic E-state index is -0.129. The van der Waals surface area contributed by atoms with Crippen LogP contribution in [0.2, 0.25) is 0 Å². The van der Waals surface area contributed by atoms with Crippen molar-refractivity contribution in [2.45, 2.75) is 24.2 Å². The van der Waals surface area contributed by atoms with Gasteiger partial charge in [-0.05, 0) is 25.5 Å². The van der Waals surface area contributed by atoms with E-state index in [1.165, 1.54) is 11.3 Å². The molecule has 0 aliphatic heterocycles. The SMILES string of the molecule is CNC(=O)c1sc(NCCCCCOC)c(SC)c1N. The van der Waals surface area contributed by atoms with E-state index in [4.69, 9.17) is 10.5 Å². The summed E-state index contributed by atoms with van der Waals surface area (Å²) in [5, 5.41) is 6.98. The van der Waals surface area contributed by atoms with Crippen LogP contribution in [-0.2, 0) is 4.74 Å². The van der Waals surface area contributed by atoms with Crippen molar-refractivity contribution in [3.8, 4) is 0 Å². The van der Waals surface area contributed by atoms with Gasteiger partial charge >= 0.3 is 0 Å². The van der Waals surface area contributed by atoms with Crippen LogP contribution < -0.4 is 16.4 Å². The van der Waals surface area contributed by atoms with Crippen molar-refractivity contribution in [3.05, 3.63) is 4.88 Å². The lowest BCUT2D eigenvalue weighted by Crippen LogP contribution is -2.17. The predicted octanol–water partition coefficient (Wildman–Crippen LogP) is 2.64. The third-order valence-electron chi connectivity index (χ3n) is 2.85. The van der Waals surface area contributed by atoms with Gasteiger partial charge in [0, 0.05) is 27.3 Å². The van der Waals surface area contributed by atoms with E-state index in [0.29, 0.717) is 10.6 Å². The second-order valence-corrected chi connectivity index (χ2v) is 6.10. The smallest absolute Gasteiger partial charge is 0.263 e. The summed E-state index contributed by atoms with van der Waals surface area (Å²) in [5.74, 6) is -0.129. The van der Waals surface area contributed by atoms with Crippen molar-refractivity contribution < 1.29 is 9.53 Å². The molecule has 0 spiro atoms. The van der Waals surface area contributed by atoms with Gasteiger partial charge in [-0.15, -0.1) is 23.1 Å². The Morgan fingerprint density at radius 1 is 1.40 bits per heavy atom. The zero-order valence-electron chi connectivity index (χ0n) is 12.2. The number of carbonyl (C=O) groups is 1. The van der Waals surface area contributed by atoms with Crippen LogP contribution in [0.25, 0.3) is 0 Å². The van der Waals surface area contributed by atoms with E-state index < -0.39 is 0 Å². The Bertz CT molecular complexity index is 435. The van der Waals surface area contributed by atoms with Gasteiger partial charge in [0.05, 0.1) is 10.6 Å². The second-order valence-electron chi connectivity index (χ2n) is 4.27. The summed E-state index contributed by atoms with van der Waals surface area (Å²) >= 11 is 2.98. The molecule has 114 valence electrons. The Labute approximate surface area is 128 Å². The normalized spacial score (nSPS) is 10.6. The summed E-state index contributed by atoms with van der Waals surface area (Å²) in [7, 11) is 3.33. The zero-order chi connectivity index (χ0) is 15.0. The molecule has 20 heavy (non-hydrogen) atoms. The molecule has 0 aliphatic rings. The van der Waals surface area contributed by atoms with Gasteiger partial charge in [-0.3, -0.25) is 4.79 Å². The fraction of sp³-hybridized carbons (Fsp3) is 0.615. The molecule has 1 amide bonds. The highest BCUT2D eigenvalue weighted by Crippen LogP contribution is 2.41. The summed E-state index contributed by atoms with van der Waals surface area (Å²) < 4.78 is 5.02. The van der Waals surface area contributed by atoms with Crippen LogP contribution in [0.4, 0.5) is 10.7 Å². The van der Waals surface area contributed by atoms with Crippen molar-refractivity contribution in [1.29, 1.82) is 0 Å². The van der Waals surface area contributed by atoms with Crippen LogP contribution in [0, 0.1) is 0 Å². The number of rotatable bonds is 9. The van der Waals surface area contributed by atoms with Crippen LogP contribution in [0.3, 0.4) is 0 Å². The van der Waals surface area contributed by atoms with Crippen molar-refractivity contribution in [3.63, 3.8) is 0 Å². The Balaban J connectivity index is 2.58. The van der Waals surface area contributed by atoms with Gasteiger partial charge in [0.15, 0.2) is 0 Å². The molecule has 0 fully saturated rings. The molecule has 7 heteroatoms. The summed E-state index contributed by atoms with van der Waals surface area (Å²) in [6, 6.07) is 0. The second kappa shape index (κ2) is 9.10. The van der Waals surface area contributed by atoms with Crippen molar-refractivity contribution in [2.75, 3.05) is 44.6 Å². The Kier molecular flexibility index (Phi) is 7.79. The molecule has 0 aromatic carbocycles. The van der Waals surface area contributed by atoms with Crippen LogP contribution >= 0.6 is 23.1 Å². The first-order valence-corrected chi connectivity index (χ1v) is 8.61. The molecule has 1 aromatic rings. The van der Waals surface area contributed by atoms with Gasteiger partial charge < -0.3 is 21.1 Å². The van der Waals surface area contributed by atoms with Crippen LogP contribution in [0.5, 0.6) is 0 Å². The Hall–Kier alpha value is -0.920. The zero-order valence-corrected chi connectivity index (χ0v) is 13.9. The minimum absolute atomic E-state index is 0.129. The van der Waals surface area contributed by atoms with E-state index in [1.807, 2.05) is 6.26 Å². The molecule has 1 heterocycles. The van der Waals surface area contributed by atoms with Gasteiger partial charge in [0.2, 0.25) is 0 Å². The summed E-state index contributed by atoms with van der Waals surface area (Å²) in [5.41, 5.74) is 6.61. The number of thiophene rings is 1. The molecule has 0 atom stereocenters. The van der Waals surface area contributed by atoms with E-state index in [2.05, 4.69) is 10.6 Å². The lowest BCUT2D eigenvalue weighted by atomic mass is 10.2. The number of hydrogen-bond acceptors (Lipinski definition) is 6. The van der Waals surface area contributed by atoms with E-state index in [9.17, 15) is 4.79 Å². The number of anilines is 2. The third-order valence-corrected chi connectivity index (χ3v) is 4.97. The first-order valence-electron chi connectivity index (χ1n) is 6.56. The fourth-order valence-corrected chi connectivity index (χ4v) is 3.79. The summed E-state index contributed by atoms with van der Waals surface area (Å²) in [6.45, 7) is 1.69. The summed E-state index contributed by atoms with van der Waals surface area (Å²) in [4.78, 5) is 13.3. The Morgan fingerprint density at radius 2 is 2.15 bits per heavy atom. The number of amides is 1. The van der Waals surface area contributed by atoms with Crippen LogP contribution in [-0.4, -0.2) is 39.5 Å². The molecule has 0 aliphatic carbocycles. The van der Waals surface area contributed by atoms with Gasteiger partial charge in [0.1, 0.15) is 9.88 Å². The van der Waals surface area contributed by atoms with E-state index >= 15 is 0 Å². The first kappa shape index (κ1) is 17.1. The van der Waals surface area contributed by atoms with Crippen molar-refractivity contribution >= 4 is 39.7 Å². The highest BCUT2D eigenvalue weighted by Gasteiger charge is 2.19. The largest absolute Gasteiger partial charge is 0.396 e. The number of methoxy groups -OCH3 is 1. The number of carbonyl (C=O) groups excluding carboxylic acids is 1. The first-order chi connectivity index (χ1) is 9.65. The maximum Gasteiger partial charge on any atom is 0.263 e. The number of unbranched alkanes of at least 4 members (excludes halogenated alkanes) is 2. The fourth-order valence-electron chi connectivity index (χ4n) is 1.78. The number of ether oxygens (including phenoxy) is 1. The lowest BCUT2D eigenvalue weighted by molar-refractivity contribution is 0.0968. The van der Waals surface area contributed by atoms with Gasteiger partial charge in [-0.1, -0.05) is 0 Å². The highest BCUT2D eigenvalue weighted by molar-refractivity contribution is 7.99. The third kappa shape index (κ3) is 4.57.